The number of pyridine rings is 1. The quantitative estimate of drug-likeness (QED) is 0.378. The lowest BCUT2D eigenvalue weighted by molar-refractivity contribution is -0.112. The molecule has 0 saturated carbocycles. The van der Waals surface area contributed by atoms with Gasteiger partial charge in [-0.1, -0.05) is 48.5 Å². The Morgan fingerprint density at radius 1 is 0.933 bits per heavy atom. The molecule has 0 radical (unpaired) electrons. The van der Waals surface area contributed by atoms with E-state index in [4.69, 9.17) is 5.73 Å². The summed E-state index contributed by atoms with van der Waals surface area (Å²) in [6.07, 6.45) is 5.02. The molecule has 0 saturated heterocycles. The standard InChI is InChI=1S/C23H19N5O2/c24-21(29)19(15-7-3-1-4-8-15)11-16-13-25-22-20(16)12-18(14-26-22)28-23(30)27-17-9-5-2-6-10-17/h1-14H,(H2,24,29)(H,25,26)(H2,27,28,30)/b19-11+. The van der Waals surface area contributed by atoms with Crippen LogP contribution in [0.2, 0.25) is 0 Å². The third kappa shape index (κ3) is 4.20. The number of urea groups is 1. The number of aromatic nitrogens is 2. The van der Waals surface area contributed by atoms with E-state index < -0.39 is 5.91 Å². The van der Waals surface area contributed by atoms with E-state index in [1.807, 2.05) is 48.5 Å². The predicted molar refractivity (Wildman–Crippen MR) is 119 cm³/mol. The van der Waals surface area contributed by atoms with E-state index in [0.717, 1.165) is 16.5 Å². The van der Waals surface area contributed by atoms with Crippen molar-refractivity contribution < 1.29 is 9.59 Å². The summed E-state index contributed by atoms with van der Waals surface area (Å²) in [4.78, 5) is 31.7. The number of fused-ring (bicyclic) bond motifs is 1. The molecule has 0 aliphatic rings. The van der Waals surface area contributed by atoms with Crippen LogP contribution in [0.15, 0.2) is 79.1 Å². The fourth-order valence-corrected chi connectivity index (χ4v) is 3.10. The summed E-state index contributed by atoms with van der Waals surface area (Å²) in [6, 6.07) is 19.8. The Balaban J connectivity index is 1.63. The number of carbonyl (C=O) groups excluding carboxylic acids is 2. The number of carbonyl (C=O) groups is 2. The number of H-pyrrole nitrogens is 1. The molecular weight excluding hydrogens is 378 g/mol. The van der Waals surface area contributed by atoms with Gasteiger partial charge in [-0.05, 0) is 29.8 Å². The minimum absolute atomic E-state index is 0.378. The molecule has 4 rings (SSSR count). The zero-order valence-corrected chi connectivity index (χ0v) is 15.9. The van der Waals surface area contributed by atoms with Crippen molar-refractivity contribution in [2.24, 2.45) is 5.73 Å². The molecule has 0 bridgehead atoms. The van der Waals surface area contributed by atoms with Crippen LogP contribution in [0.5, 0.6) is 0 Å². The first kappa shape index (κ1) is 18.9. The van der Waals surface area contributed by atoms with Gasteiger partial charge in [0.05, 0.1) is 11.9 Å². The first-order valence-corrected chi connectivity index (χ1v) is 9.27. The molecule has 0 fully saturated rings. The number of hydrogen-bond acceptors (Lipinski definition) is 3. The van der Waals surface area contributed by atoms with Gasteiger partial charge in [-0.25, -0.2) is 9.78 Å². The fraction of sp³-hybridized carbons (Fsp3) is 0. The van der Waals surface area contributed by atoms with Gasteiger partial charge in [0.2, 0.25) is 5.91 Å². The van der Waals surface area contributed by atoms with E-state index in [1.54, 1.807) is 36.7 Å². The number of nitrogens with two attached hydrogens (primary N) is 1. The van der Waals surface area contributed by atoms with Crippen LogP contribution in [-0.4, -0.2) is 21.9 Å². The van der Waals surface area contributed by atoms with E-state index in [2.05, 4.69) is 20.6 Å². The van der Waals surface area contributed by atoms with Gasteiger partial charge in [0.25, 0.3) is 0 Å². The minimum Gasteiger partial charge on any atom is -0.366 e. The van der Waals surface area contributed by atoms with E-state index in [9.17, 15) is 9.59 Å². The van der Waals surface area contributed by atoms with E-state index in [1.165, 1.54) is 0 Å². The molecule has 3 amide bonds. The Hall–Kier alpha value is -4.39. The van der Waals surface area contributed by atoms with Crippen molar-refractivity contribution in [1.82, 2.24) is 9.97 Å². The molecule has 2 aromatic carbocycles. The van der Waals surface area contributed by atoms with Gasteiger partial charge in [-0.3, -0.25) is 4.79 Å². The normalized spacial score (nSPS) is 11.3. The van der Waals surface area contributed by atoms with Gasteiger partial charge >= 0.3 is 6.03 Å². The van der Waals surface area contributed by atoms with E-state index in [-0.39, 0.29) is 6.03 Å². The van der Waals surface area contributed by atoms with Crippen molar-refractivity contribution in [2.45, 2.75) is 0 Å². The van der Waals surface area contributed by atoms with Crippen molar-refractivity contribution >= 4 is 46.0 Å². The Kier molecular flexibility index (Phi) is 5.25. The van der Waals surface area contributed by atoms with Crippen LogP contribution >= 0.6 is 0 Å². The Labute approximate surface area is 172 Å². The van der Waals surface area contributed by atoms with Crippen molar-refractivity contribution in [1.29, 1.82) is 0 Å². The molecule has 0 aliphatic carbocycles. The zero-order chi connectivity index (χ0) is 20.9. The number of nitrogens with zero attached hydrogens (tertiary/aromatic N) is 1. The van der Waals surface area contributed by atoms with Crippen LogP contribution in [0.25, 0.3) is 22.7 Å². The number of para-hydroxylation sites is 1. The molecule has 30 heavy (non-hydrogen) atoms. The number of nitrogens with one attached hydrogen (secondary N) is 3. The molecule has 0 aliphatic heterocycles. The van der Waals surface area contributed by atoms with Gasteiger partial charge in [0, 0.05) is 28.4 Å². The Morgan fingerprint density at radius 2 is 1.60 bits per heavy atom. The lowest BCUT2D eigenvalue weighted by Gasteiger charge is -2.07. The maximum absolute atomic E-state index is 12.3. The highest BCUT2D eigenvalue weighted by Crippen LogP contribution is 2.25. The van der Waals surface area contributed by atoms with E-state index in [0.29, 0.717) is 22.6 Å². The average molecular weight is 397 g/mol. The Bertz CT molecular complexity index is 1230. The monoisotopic (exact) mass is 397 g/mol. The van der Waals surface area contributed by atoms with Crippen LogP contribution in [0.3, 0.4) is 0 Å². The largest absolute Gasteiger partial charge is 0.366 e. The van der Waals surface area contributed by atoms with Crippen molar-refractivity contribution in [3.63, 3.8) is 0 Å². The summed E-state index contributed by atoms with van der Waals surface area (Å²) in [6.45, 7) is 0. The third-order valence-corrected chi connectivity index (χ3v) is 4.50. The number of primary amides is 1. The lowest BCUT2D eigenvalue weighted by atomic mass is 10.0. The molecule has 148 valence electrons. The first-order valence-electron chi connectivity index (χ1n) is 9.27. The second-order valence-electron chi connectivity index (χ2n) is 6.60. The number of rotatable bonds is 5. The highest BCUT2D eigenvalue weighted by molar-refractivity contribution is 6.24. The van der Waals surface area contributed by atoms with Gasteiger partial charge in [0.1, 0.15) is 5.65 Å². The van der Waals surface area contributed by atoms with E-state index >= 15 is 0 Å². The van der Waals surface area contributed by atoms with Gasteiger partial charge < -0.3 is 21.4 Å². The van der Waals surface area contributed by atoms with Gasteiger partial charge in [0.15, 0.2) is 0 Å². The molecule has 5 N–H and O–H groups in total. The molecule has 2 heterocycles. The number of hydrogen-bond donors (Lipinski definition) is 4. The number of anilines is 2. The van der Waals surface area contributed by atoms with Crippen LogP contribution < -0.4 is 16.4 Å². The fourth-order valence-electron chi connectivity index (χ4n) is 3.10. The van der Waals surface area contributed by atoms with Crippen LogP contribution in [0.4, 0.5) is 16.2 Å². The molecule has 0 spiro atoms. The van der Waals surface area contributed by atoms with Crippen LogP contribution in [0, 0.1) is 0 Å². The average Bonchev–Trinajstić information content (AvgIpc) is 3.15. The number of benzene rings is 2. The summed E-state index contributed by atoms with van der Waals surface area (Å²) < 4.78 is 0. The molecular formula is C23H19N5O2. The summed E-state index contributed by atoms with van der Waals surface area (Å²) in [5.74, 6) is -0.528. The maximum atomic E-state index is 12.3. The summed E-state index contributed by atoms with van der Waals surface area (Å²) >= 11 is 0. The Morgan fingerprint density at radius 3 is 2.30 bits per heavy atom. The van der Waals surface area contributed by atoms with Gasteiger partial charge in [-0.15, -0.1) is 0 Å². The van der Waals surface area contributed by atoms with Crippen molar-refractivity contribution in [3.05, 3.63) is 90.3 Å². The summed E-state index contributed by atoms with van der Waals surface area (Å²) in [5, 5.41) is 6.28. The zero-order valence-electron chi connectivity index (χ0n) is 15.9. The summed E-state index contributed by atoms with van der Waals surface area (Å²) in [5.41, 5.74) is 9.28. The smallest absolute Gasteiger partial charge is 0.323 e. The first-order chi connectivity index (χ1) is 14.6. The topological polar surface area (TPSA) is 113 Å². The second-order valence-corrected chi connectivity index (χ2v) is 6.60. The maximum Gasteiger partial charge on any atom is 0.323 e. The lowest BCUT2D eigenvalue weighted by Crippen LogP contribution is -2.19. The number of amides is 3. The predicted octanol–water partition coefficient (Wildman–Crippen LogP) is 4.23. The third-order valence-electron chi connectivity index (χ3n) is 4.50. The van der Waals surface area contributed by atoms with Crippen LogP contribution in [0.1, 0.15) is 11.1 Å². The van der Waals surface area contributed by atoms with Crippen LogP contribution in [-0.2, 0) is 4.79 Å². The van der Waals surface area contributed by atoms with Crippen molar-refractivity contribution in [2.75, 3.05) is 10.6 Å². The molecule has 2 aromatic heterocycles. The number of aromatic amines is 1. The summed E-state index contributed by atoms with van der Waals surface area (Å²) in [7, 11) is 0. The SMILES string of the molecule is NC(=O)/C(=C/c1c[nH]c2ncc(NC(=O)Nc3ccccc3)cc12)c1ccccc1. The van der Waals surface area contributed by atoms with Crippen molar-refractivity contribution in [3.8, 4) is 0 Å². The minimum atomic E-state index is -0.528. The molecule has 0 atom stereocenters. The molecule has 7 heteroatoms. The molecule has 7 nitrogen and oxygen atoms in total. The highest BCUT2D eigenvalue weighted by Gasteiger charge is 2.12. The molecule has 0 unspecified atom stereocenters. The molecule has 4 aromatic rings. The second kappa shape index (κ2) is 8.32. The highest BCUT2D eigenvalue weighted by atomic mass is 16.2. The van der Waals surface area contributed by atoms with Gasteiger partial charge in [-0.2, -0.15) is 0 Å².